The lowest BCUT2D eigenvalue weighted by Gasteiger charge is -2.06. The van der Waals surface area contributed by atoms with E-state index in [-0.39, 0.29) is 12.3 Å². The monoisotopic (exact) mass is 300 g/mol. The first kappa shape index (κ1) is 14.0. The molecule has 0 amide bonds. The lowest BCUT2D eigenvalue weighted by Crippen LogP contribution is -2.04. The van der Waals surface area contributed by atoms with Gasteiger partial charge in [-0.05, 0) is 25.1 Å². The van der Waals surface area contributed by atoms with Crippen molar-refractivity contribution in [1.29, 1.82) is 0 Å². The molecule has 6 nitrogen and oxygen atoms in total. The summed E-state index contributed by atoms with van der Waals surface area (Å²) >= 11 is 0. The first-order chi connectivity index (χ1) is 10.6. The number of H-pyrrole nitrogens is 1. The lowest BCUT2D eigenvalue weighted by atomic mass is 10.1. The van der Waals surface area contributed by atoms with E-state index < -0.39 is 11.8 Å². The summed E-state index contributed by atoms with van der Waals surface area (Å²) in [5.74, 6) is -0.978. The minimum Gasteiger partial charge on any atom is -0.462 e. The average molecular weight is 300 g/mol. The van der Waals surface area contributed by atoms with Gasteiger partial charge in [-0.3, -0.25) is 0 Å². The van der Waals surface area contributed by atoms with Crippen LogP contribution in [0.25, 0.3) is 22.3 Å². The molecule has 0 aliphatic rings. The zero-order chi connectivity index (χ0) is 15.7. The van der Waals surface area contributed by atoms with Gasteiger partial charge in [-0.1, -0.05) is 0 Å². The Morgan fingerprint density at radius 1 is 1.41 bits per heavy atom. The number of nitrogens with two attached hydrogens (primary N) is 1. The molecule has 7 heteroatoms. The van der Waals surface area contributed by atoms with E-state index in [0.29, 0.717) is 27.9 Å². The largest absolute Gasteiger partial charge is 0.462 e. The van der Waals surface area contributed by atoms with Crippen LogP contribution >= 0.6 is 0 Å². The maximum atomic E-state index is 13.3. The molecule has 0 saturated heterocycles. The molecule has 112 valence electrons. The van der Waals surface area contributed by atoms with Gasteiger partial charge < -0.3 is 15.5 Å². The van der Waals surface area contributed by atoms with Crippen molar-refractivity contribution < 1.29 is 13.9 Å². The third kappa shape index (κ3) is 2.26. The maximum Gasteiger partial charge on any atom is 0.340 e. The van der Waals surface area contributed by atoms with Gasteiger partial charge in [0, 0.05) is 11.8 Å². The van der Waals surface area contributed by atoms with E-state index >= 15 is 0 Å². The molecule has 0 atom stereocenters. The van der Waals surface area contributed by atoms with Crippen molar-refractivity contribution in [1.82, 2.24) is 15.0 Å². The number of hydrogen-bond acceptors (Lipinski definition) is 5. The second-order valence-corrected chi connectivity index (χ2v) is 4.60. The molecule has 0 spiro atoms. The Kier molecular flexibility index (Phi) is 3.46. The Labute approximate surface area is 125 Å². The van der Waals surface area contributed by atoms with E-state index in [1.54, 1.807) is 13.0 Å². The molecule has 0 fully saturated rings. The molecule has 0 unspecified atom stereocenters. The Hall–Kier alpha value is -2.96. The van der Waals surface area contributed by atoms with Crippen molar-refractivity contribution in [2.75, 3.05) is 12.3 Å². The Bertz CT molecular complexity index is 860. The molecule has 0 radical (unpaired) electrons. The Balaban J connectivity index is 2.22. The number of esters is 1. The fourth-order valence-corrected chi connectivity index (χ4v) is 2.24. The molecule has 3 rings (SSSR count). The number of hydrogen-bond donors (Lipinski definition) is 2. The van der Waals surface area contributed by atoms with Gasteiger partial charge in [0.1, 0.15) is 17.8 Å². The van der Waals surface area contributed by atoms with Crippen LogP contribution in [0.1, 0.15) is 17.3 Å². The molecule has 0 saturated carbocycles. The highest BCUT2D eigenvalue weighted by Gasteiger charge is 2.19. The van der Waals surface area contributed by atoms with E-state index in [1.807, 2.05) is 0 Å². The third-order valence-electron chi connectivity index (χ3n) is 3.23. The number of nitrogen functional groups attached to an aromatic ring is 1. The molecule has 3 N–H and O–H groups in total. The fourth-order valence-electron chi connectivity index (χ4n) is 2.24. The van der Waals surface area contributed by atoms with Crippen LogP contribution in [0.3, 0.4) is 0 Å². The molecule has 2 heterocycles. The summed E-state index contributed by atoms with van der Waals surface area (Å²) in [7, 11) is 0. The van der Waals surface area contributed by atoms with E-state index in [4.69, 9.17) is 10.5 Å². The number of aromatic nitrogens is 3. The minimum absolute atomic E-state index is 0.0116. The van der Waals surface area contributed by atoms with Crippen molar-refractivity contribution in [3.63, 3.8) is 0 Å². The Morgan fingerprint density at radius 2 is 2.23 bits per heavy atom. The zero-order valence-electron chi connectivity index (χ0n) is 11.8. The number of aromatic amines is 1. The number of fused-ring (bicyclic) bond motifs is 1. The summed E-state index contributed by atoms with van der Waals surface area (Å²) < 4.78 is 18.4. The molecule has 0 bridgehead atoms. The quantitative estimate of drug-likeness (QED) is 0.572. The van der Waals surface area contributed by atoms with Crippen LogP contribution in [-0.4, -0.2) is 27.5 Å². The van der Waals surface area contributed by atoms with Gasteiger partial charge in [-0.25, -0.2) is 19.2 Å². The highest BCUT2D eigenvalue weighted by atomic mass is 19.1. The van der Waals surface area contributed by atoms with Gasteiger partial charge in [0.25, 0.3) is 0 Å². The van der Waals surface area contributed by atoms with Crippen molar-refractivity contribution in [3.8, 4) is 11.3 Å². The summed E-state index contributed by atoms with van der Waals surface area (Å²) in [5.41, 5.74) is 7.52. The molecule has 22 heavy (non-hydrogen) atoms. The normalized spacial score (nSPS) is 10.8. The summed E-state index contributed by atoms with van der Waals surface area (Å²) in [6.45, 7) is 1.99. The zero-order valence-corrected chi connectivity index (χ0v) is 11.8. The van der Waals surface area contributed by atoms with Crippen molar-refractivity contribution in [2.45, 2.75) is 6.92 Å². The second kappa shape index (κ2) is 5.44. The highest BCUT2D eigenvalue weighted by molar-refractivity contribution is 6.08. The number of nitrogens with zero attached hydrogens (tertiary/aromatic N) is 2. The number of nitrogens with one attached hydrogen (secondary N) is 1. The SMILES string of the molecule is CCOC(=O)c1c[nH]c2ncnc(-c3ccc(F)c(N)c3)c12. The lowest BCUT2D eigenvalue weighted by molar-refractivity contribution is 0.0528. The topological polar surface area (TPSA) is 93.9 Å². The van der Waals surface area contributed by atoms with Crippen molar-refractivity contribution in [3.05, 3.63) is 42.1 Å². The second-order valence-electron chi connectivity index (χ2n) is 4.60. The molecule has 3 aromatic rings. The number of carbonyl (C=O) groups excluding carboxylic acids is 1. The van der Waals surface area contributed by atoms with Gasteiger partial charge in [0.05, 0.1) is 28.9 Å². The Morgan fingerprint density at radius 3 is 2.95 bits per heavy atom. The van der Waals surface area contributed by atoms with E-state index in [2.05, 4.69) is 15.0 Å². The third-order valence-corrected chi connectivity index (χ3v) is 3.23. The molecule has 1 aromatic carbocycles. The van der Waals surface area contributed by atoms with Crippen LogP contribution in [0.4, 0.5) is 10.1 Å². The molecule has 0 aliphatic heterocycles. The van der Waals surface area contributed by atoms with Crippen LogP contribution in [-0.2, 0) is 4.74 Å². The van der Waals surface area contributed by atoms with Gasteiger partial charge >= 0.3 is 5.97 Å². The van der Waals surface area contributed by atoms with Gasteiger partial charge in [-0.15, -0.1) is 0 Å². The molecule has 0 aliphatic carbocycles. The number of carbonyl (C=O) groups is 1. The van der Waals surface area contributed by atoms with Crippen LogP contribution in [0.15, 0.2) is 30.7 Å². The standard InChI is InChI=1S/C15H13FN4O2/c1-2-22-15(21)9-6-18-14-12(9)13(19-7-20-14)8-3-4-10(16)11(17)5-8/h3-7H,2,17H2,1H3,(H,18,19,20). The number of halogens is 1. The first-order valence-corrected chi connectivity index (χ1v) is 6.66. The molecular formula is C15H13FN4O2. The smallest absolute Gasteiger partial charge is 0.340 e. The van der Waals surface area contributed by atoms with Gasteiger partial charge in [0.2, 0.25) is 0 Å². The average Bonchev–Trinajstić information content (AvgIpc) is 2.94. The maximum absolute atomic E-state index is 13.3. The van der Waals surface area contributed by atoms with E-state index in [1.165, 1.54) is 24.7 Å². The summed E-state index contributed by atoms with van der Waals surface area (Å²) in [4.78, 5) is 23.2. The summed E-state index contributed by atoms with van der Waals surface area (Å²) in [6, 6.07) is 4.28. The summed E-state index contributed by atoms with van der Waals surface area (Å²) in [6.07, 6.45) is 2.89. The van der Waals surface area contributed by atoms with Crippen LogP contribution < -0.4 is 5.73 Å². The predicted octanol–water partition coefficient (Wildman–Crippen LogP) is 2.52. The summed E-state index contributed by atoms with van der Waals surface area (Å²) in [5, 5.41) is 0.520. The molecule has 2 aromatic heterocycles. The minimum atomic E-state index is -0.506. The van der Waals surface area contributed by atoms with Gasteiger partial charge in [0.15, 0.2) is 0 Å². The number of anilines is 1. The number of rotatable bonds is 3. The predicted molar refractivity (Wildman–Crippen MR) is 79.7 cm³/mol. The van der Waals surface area contributed by atoms with Crippen molar-refractivity contribution in [2.24, 2.45) is 0 Å². The number of ether oxygens (including phenoxy) is 1. The van der Waals surface area contributed by atoms with Crippen LogP contribution in [0.2, 0.25) is 0 Å². The van der Waals surface area contributed by atoms with Gasteiger partial charge in [-0.2, -0.15) is 0 Å². The molecular weight excluding hydrogens is 287 g/mol. The highest BCUT2D eigenvalue weighted by Crippen LogP contribution is 2.30. The van der Waals surface area contributed by atoms with Crippen LogP contribution in [0.5, 0.6) is 0 Å². The number of benzene rings is 1. The van der Waals surface area contributed by atoms with E-state index in [0.717, 1.165) is 0 Å². The first-order valence-electron chi connectivity index (χ1n) is 6.66. The fraction of sp³-hybridized carbons (Fsp3) is 0.133. The van der Waals surface area contributed by atoms with Crippen LogP contribution in [0, 0.1) is 5.82 Å². The van der Waals surface area contributed by atoms with Crippen molar-refractivity contribution >= 4 is 22.7 Å². The van der Waals surface area contributed by atoms with E-state index in [9.17, 15) is 9.18 Å².